The fourth-order valence-corrected chi connectivity index (χ4v) is 3.91. The van der Waals surface area contributed by atoms with Crippen LogP contribution in [0.25, 0.3) is 0 Å². The van der Waals surface area contributed by atoms with Crippen molar-refractivity contribution in [1.29, 1.82) is 0 Å². The molecule has 2 aliphatic rings. The molecule has 3 heteroatoms. The highest BCUT2D eigenvalue weighted by Crippen LogP contribution is 2.21. The van der Waals surface area contributed by atoms with Gasteiger partial charge in [0.05, 0.1) is 0 Å². The first-order valence-corrected chi connectivity index (χ1v) is 7.83. The molecule has 0 aliphatic carbocycles. The van der Waals surface area contributed by atoms with Crippen LogP contribution in [-0.2, 0) is 6.42 Å². The Bertz CT molecular complexity index is 336. The first-order chi connectivity index (χ1) is 8.42. The molecule has 2 aliphatic heterocycles. The van der Waals surface area contributed by atoms with Crippen LogP contribution in [0.2, 0.25) is 0 Å². The summed E-state index contributed by atoms with van der Waals surface area (Å²) in [4.78, 5) is 5.40. The van der Waals surface area contributed by atoms with Crippen molar-refractivity contribution < 1.29 is 0 Å². The van der Waals surface area contributed by atoms with Gasteiger partial charge in [-0.25, -0.2) is 0 Å². The molecule has 0 bridgehead atoms. The molecule has 2 fully saturated rings. The van der Waals surface area contributed by atoms with E-state index < -0.39 is 0 Å². The highest BCUT2D eigenvalue weighted by Gasteiger charge is 2.28. The summed E-state index contributed by atoms with van der Waals surface area (Å²) in [6.45, 7) is 6.55. The van der Waals surface area contributed by atoms with Gasteiger partial charge in [0.15, 0.2) is 0 Å². The van der Waals surface area contributed by atoms with Gasteiger partial charge < -0.3 is 4.90 Å². The minimum absolute atomic E-state index is 0.861. The Morgan fingerprint density at radius 2 is 2.18 bits per heavy atom. The number of rotatable bonds is 3. The van der Waals surface area contributed by atoms with E-state index in [2.05, 4.69) is 26.6 Å². The fourth-order valence-electron chi connectivity index (χ4n) is 3.21. The summed E-state index contributed by atoms with van der Waals surface area (Å²) in [6, 6.07) is 3.13. The zero-order chi connectivity index (χ0) is 11.5. The maximum atomic E-state index is 2.71. The number of hydrogen-bond donors (Lipinski definition) is 0. The molecule has 0 amide bonds. The van der Waals surface area contributed by atoms with Gasteiger partial charge in [0.1, 0.15) is 0 Å². The Morgan fingerprint density at radius 3 is 3.06 bits per heavy atom. The molecule has 0 spiro atoms. The lowest BCUT2D eigenvalue weighted by atomic mass is 10.2. The first-order valence-electron chi connectivity index (χ1n) is 6.89. The molecule has 1 atom stereocenters. The minimum atomic E-state index is 0.861. The fraction of sp³-hybridized carbons (Fsp3) is 0.714. The zero-order valence-corrected chi connectivity index (χ0v) is 11.3. The molecule has 3 heterocycles. The van der Waals surface area contributed by atoms with E-state index in [1.54, 1.807) is 0 Å². The maximum Gasteiger partial charge on any atom is 0.0223 e. The first kappa shape index (κ1) is 11.7. The third-order valence-electron chi connectivity index (χ3n) is 4.18. The van der Waals surface area contributed by atoms with E-state index in [0.717, 1.165) is 6.04 Å². The zero-order valence-electron chi connectivity index (χ0n) is 10.5. The van der Waals surface area contributed by atoms with Gasteiger partial charge in [-0.2, -0.15) is 11.3 Å². The summed E-state index contributed by atoms with van der Waals surface area (Å²) < 4.78 is 0. The van der Waals surface area contributed by atoms with Crippen LogP contribution in [0.5, 0.6) is 0 Å². The van der Waals surface area contributed by atoms with Crippen LogP contribution in [-0.4, -0.2) is 48.6 Å². The molecule has 17 heavy (non-hydrogen) atoms. The standard InChI is InChI=1S/C14H22N2S/c1-3-14-11-15(6-2-8-16(14)7-1)9-4-13-5-10-17-12-13/h5,10,12,14H,1-4,6-9,11H2. The van der Waals surface area contributed by atoms with Crippen molar-refractivity contribution in [3.63, 3.8) is 0 Å². The second-order valence-corrected chi connectivity index (χ2v) is 6.15. The second kappa shape index (κ2) is 5.51. The summed E-state index contributed by atoms with van der Waals surface area (Å²) in [7, 11) is 0. The third kappa shape index (κ3) is 2.90. The van der Waals surface area contributed by atoms with Crippen LogP contribution in [0.4, 0.5) is 0 Å². The largest absolute Gasteiger partial charge is 0.301 e. The van der Waals surface area contributed by atoms with Crippen molar-refractivity contribution in [2.24, 2.45) is 0 Å². The van der Waals surface area contributed by atoms with Crippen LogP contribution in [0, 0.1) is 0 Å². The van der Waals surface area contributed by atoms with Gasteiger partial charge in [-0.15, -0.1) is 0 Å². The third-order valence-corrected chi connectivity index (χ3v) is 4.92. The average Bonchev–Trinajstić information content (AvgIpc) is 2.95. The lowest BCUT2D eigenvalue weighted by Gasteiger charge is -2.25. The molecule has 1 aromatic heterocycles. The Morgan fingerprint density at radius 1 is 1.24 bits per heavy atom. The molecule has 0 aromatic carbocycles. The van der Waals surface area contributed by atoms with E-state index in [0.29, 0.717) is 0 Å². The molecule has 2 nitrogen and oxygen atoms in total. The van der Waals surface area contributed by atoms with E-state index in [-0.39, 0.29) is 0 Å². The van der Waals surface area contributed by atoms with E-state index in [1.165, 1.54) is 64.0 Å². The van der Waals surface area contributed by atoms with E-state index >= 15 is 0 Å². The minimum Gasteiger partial charge on any atom is -0.301 e. The predicted octanol–water partition coefficient (Wildman–Crippen LogP) is 2.46. The lowest BCUT2D eigenvalue weighted by molar-refractivity contribution is 0.221. The van der Waals surface area contributed by atoms with Crippen molar-refractivity contribution in [1.82, 2.24) is 9.80 Å². The van der Waals surface area contributed by atoms with Gasteiger partial charge in [0, 0.05) is 19.1 Å². The van der Waals surface area contributed by atoms with Gasteiger partial charge in [0.2, 0.25) is 0 Å². The van der Waals surface area contributed by atoms with Crippen LogP contribution < -0.4 is 0 Å². The monoisotopic (exact) mass is 250 g/mol. The molecule has 3 rings (SSSR count). The number of thiophene rings is 1. The summed E-state index contributed by atoms with van der Waals surface area (Å²) in [6.07, 6.45) is 5.44. The summed E-state index contributed by atoms with van der Waals surface area (Å²) >= 11 is 1.82. The molecule has 94 valence electrons. The summed E-state index contributed by atoms with van der Waals surface area (Å²) in [5.74, 6) is 0. The maximum absolute atomic E-state index is 2.71. The molecule has 0 saturated carbocycles. The average molecular weight is 250 g/mol. The van der Waals surface area contributed by atoms with Crippen molar-refractivity contribution >= 4 is 11.3 Å². The number of hydrogen-bond acceptors (Lipinski definition) is 3. The van der Waals surface area contributed by atoms with Crippen molar-refractivity contribution in [2.75, 3.05) is 32.7 Å². The van der Waals surface area contributed by atoms with Gasteiger partial charge in [0.25, 0.3) is 0 Å². The van der Waals surface area contributed by atoms with Crippen molar-refractivity contribution in [3.05, 3.63) is 22.4 Å². The topological polar surface area (TPSA) is 6.48 Å². The molecule has 1 aromatic rings. The van der Waals surface area contributed by atoms with Gasteiger partial charge >= 0.3 is 0 Å². The van der Waals surface area contributed by atoms with Crippen LogP contribution in [0.15, 0.2) is 16.8 Å². The molecule has 0 N–H and O–H groups in total. The van der Waals surface area contributed by atoms with Crippen LogP contribution in [0.1, 0.15) is 24.8 Å². The smallest absolute Gasteiger partial charge is 0.0223 e. The highest BCUT2D eigenvalue weighted by molar-refractivity contribution is 7.07. The van der Waals surface area contributed by atoms with E-state index in [1.807, 2.05) is 11.3 Å². The molecular weight excluding hydrogens is 228 g/mol. The number of fused-ring (bicyclic) bond motifs is 1. The van der Waals surface area contributed by atoms with Crippen LogP contribution >= 0.6 is 11.3 Å². The van der Waals surface area contributed by atoms with Crippen molar-refractivity contribution in [2.45, 2.75) is 31.7 Å². The quantitative estimate of drug-likeness (QED) is 0.813. The highest BCUT2D eigenvalue weighted by atomic mass is 32.1. The molecule has 0 radical (unpaired) electrons. The SMILES string of the molecule is c1cc(CCN2CCCN3CCCC3C2)cs1. The second-order valence-electron chi connectivity index (χ2n) is 5.37. The Hall–Kier alpha value is -0.380. The van der Waals surface area contributed by atoms with Gasteiger partial charge in [-0.1, -0.05) is 0 Å². The Kier molecular flexibility index (Phi) is 3.79. The van der Waals surface area contributed by atoms with Crippen LogP contribution in [0.3, 0.4) is 0 Å². The molecule has 2 saturated heterocycles. The molecule has 1 unspecified atom stereocenters. The van der Waals surface area contributed by atoms with E-state index in [4.69, 9.17) is 0 Å². The lowest BCUT2D eigenvalue weighted by Crippen LogP contribution is -2.37. The van der Waals surface area contributed by atoms with Gasteiger partial charge in [-0.3, -0.25) is 4.90 Å². The predicted molar refractivity (Wildman–Crippen MR) is 73.7 cm³/mol. The van der Waals surface area contributed by atoms with Gasteiger partial charge in [-0.05, 0) is 67.7 Å². The normalized spacial score (nSPS) is 26.9. The van der Waals surface area contributed by atoms with Crippen molar-refractivity contribution in [3.8, 4) is 0 Å². The summed E-state index contributed by atoms with van der Waals surface area (Å²) in [5.41, 5.74) is 1.52. The number of nitrogens with zero attached hydrogens (tertiary/aromatic N) is 2. The molecular formula is C14H22N2S. The van der Waals surface area contributed by atoms with E-state index in [9.17, 15) is 0 Å². The summed E-state index contributed by atoms with van der Waals surface area (Å²) in [5, 5.41) is 4.48. The Labute approximate surface area is 108 Å². The Balaban J connectivity index is 1.52.